The van der Waals surface area contributed by atoms with E-state index in [9.17, 15) is 4.79 Å². The van der Waals surface area contributed by atoms with Crippen LogP contribution in [0.4, 0.5) is 0 Å². The van der Waals surface area contributed by atoms with E-state index in [1.54, 1.807) is 0 Å². The third-order valence-electron chi connectivity index (χ3n) is 2.40. The molecular weight excluding hydrogens is 183 g/mol. The van der Waals surface area contributed by atoms with Gasteiger partial charge in [-0.3, -0.25) is 4.79 Å². The quantitative estimate of drug-likeness (QED) is 0.378. The highest BCUT2D eigenvalue weighted by molar-refractivity contribution is 7.21. The first-order valence-corrected chi connectivity index (χ1v) is 5.64. The van der Waals surface area contributed by atoms with Crippen molar-refractivity contribution in [3.05, 3.63) is 0 Å². The lowest BCUT2D eigenvalue weighted by molar-refractivity contribution is -0.147. The molecule has 0 amide bonds. The van der Waals surface area contributed by atoms with Crippen LogP contribution in [0.5, 0.6) is 0 Å². The number of hydrogen-bond donors (Lipinski definition) is 0. The van der Waals surface area contributed by atoms with Gasteiger partial charge in [-0.25, -0.2) is 0 Å². The third kappa shape index (κ3) is 4.08. The van der Waals surface area contributed by atoms with Gasteiger partial charge in [0.1, 0.15) is 0 Å². The topological polar surface area (TPSA) is 26.3 Å². The summed E-state index contributed by atoms with van der Waals surface area (Å²) in [6.45, 7) is 6.67. The van der Waals surface area contributed by atoms with Crippen LogP contribution >= 0.6 is 9.24 Å². The molecule has 1 unspecified atom stereocenters. The van der Waals surface area contributed by atoms with E-state index in [1.807, 2.05) is 13.8 Å². The minimum Gasteiger partial charge on any atom is -0.465 e. The van der Waals surface area contributed by atoms with E-state index >= 15 is 0 Å². The number of carbonyl (C=O) groups excluding carboxylic acids is 1. The highest BCUT2D eigenvalue weighted by atomic mass is 31.0. The Hall–Kier alpha value is -0.100. The van der Waals surface area contributed by atoms with Crippen LogP contribution in [-0.4, -0.2) is 17.7 Å². The molecule has 0 N–H and O–H groups in total. The summed E-state index contributed by atoms with van der Waals surface area (Å²) < 4.78 is 5.17. The maximum atomic E-state index is 11.6. The minimum atomic E-state index is -0.353. The number of rotatable bonds is 6. The fourth-order valence-corrected chi connectivity index (χ4v) is 1.07. The summed E-state index contributed by atoms with van der Waals surface area (Å²) in [5.74, 6) is -0.0732. The van der Waals surface area contributed by atoms with Crippen molar-refractivity contribution in [2.75, 3.05) is 6.61 Å². The standard InChI is InChI=1S/C10H21O2P/c1-4-7-8-12-9(11)10(13,5-2)6-3/h4-8,13H2,1-3H3. The van der Waals surface area contributed by atoms with E-state index in [2.05, 4.69) is 16.2 Å². The number of carbonyl (C=O) groups is 1. The first-order chi connectivity index (χ1) is 6.10. The van der Waals surface area contributed by atoms with Gasteiger partial charge in [-0.05, 0) is 19.3 Å². The molecule has 0 aromatic heterocycles. The molecule has 0 rings (SSSR count). The van der Waals surface area contributed by atoms with Gasteiger partial charge in [0.05, 0.1) is 11.8 Å². The summed E-state index contributed by atoms with van der Waals surface area (Å²) >= 11 is 0. The van der Waals surface area contributed by atoms with Crippen LogP contribution in [0.15, 0.2) is 0 Å². The zero-order chi connectivity index (χ0) is 10.3. The van der Waals surface area contributed by atoms with Crippen LogP contribution in [0.3, 0.4) is 0 Å². The van der Waals surface area contributed by atoms with Crippen molar-refractivity contribution in [1.29, 1.82) is 0 Å². The SMILES string of the molecule is CCCCOC(=O)C(P)(CC)CC. The first-order valence-electron chi connectivity index (χ1n) is 5.06. The van der Waals surface area contributed by atoms with Gasteiger partial charge in [-0.1, -0.05) is 27.2 Å². The zero-order valence-corrected chi connectivity index (χ0v) is 10.1. The summed E-state index contributed by atoms with van der Waals surface area (Å²) in [6, 6.07) is 0. The lowest BCUT2D eigenvalue weighted by Crippen LogP contribution is -2.32. The molecular formula is C10H21O2P. The van der Waals surface area contributed by atoms with Crippen LogP contribution in [-0.2, 0) is 9.53 Å². The molecule has 0 fully saturated rings. The molecule has 13 heavy (non-hydrogen) atoms. The van der Waals surface area contributed by atoms with Crippen molar-refractivity contribution in [3.63, 3.8) is 0 Å². The van der Waals surface area contributed by atoms with Crippen LogP contribution in [0.25, 0.3) is 0 Å². The van der Waals surface area contributed by atoms with Gasteiger partial charge >= 0.3 is 5.97 Å². The van der Waals surface area contributed by atoms with Crippen molar-refractivity contribution >= 4 is 15.2 Å². The Morgan fingerprint density at radius 3 is 2.23 bits per heavy atom. The second-order valence-electron chi connectivity index (χ2n) is 3.35. The summed E-state index contributed by atoms with van der Waals surface area (Å²) in [6.07, 6.45) is 3.66. The Morgan fingerprint density at radius 1 is 1.31 bits per heavy atom. The predicted octanol–water partition coefficient (Wildman–Crippen LogP) is 2.76. The Balaban J connectivity index is 3.92. The van der Waals surface area contributed by atoms with Gasteiger partial charge in [-0.2, -0.15) is 0 Å². The molecule has 0 aliphatic carbocycles. The molecule has 3 heteroatoms. The van der Waals surface area contributed by atoms with E-state index in [0.717, 1.165) is 25.7 Å². The van der Waals surface area contributed by atoms with Crippen molar-refractivity contribution < 1.29 is 9.53 Å². The summed E-state index contributed by atoms with van der Waals surface area (Å²) in [5.41, 5.74) is 0. The average molecular weight is 204 g/mol. The molecule has 1 atom stereocenters. The Labute approximate surface area is 83.6 Å². The Kier molecular flexibility index (Phi) is 6.32. The van der Waals surface area contributed by atoms with E-state index in [-0.39, 0.29) is 11.1 Å². The second-order valence-corrected chi connectivity index (χ2v) is 4.46. The predicted molar refractivity (Wildman–Crippen MR) is 58.9 cm³/mol. The zero-order valence-electron chi connectivity index (χ0n) is 8.93. The van der Waals surface area contributed by atoms with Gasteiger partial charge in [0.15, 0.2) is 0 Å². The molecule has 0 heterocycles. The molecule has 0 aliphatic rings. The van der Waals surface area contributed by atoms with Gasteiger partial charge in [0, 0.05) is 0 Å². The highest BCUT2D eigenvalue weighted by Gasteiger charge is 2.30. The van der Waals surface area contributed by atoms with Gasteiger partial charge in [0.2, 0.25) is 0 Å². The normalized spacial score (nSPS) is 11.4. The Bertz CT molecular complexity index is 153. The minimum absolute atomic E-state index is 0.0732. The number of hydrogen-bond acceptors (Lipinski definition) is 2. The van der Waals surface area contributed by atoms with Gasteiger partial charge in [0.25, 0.3) is 0 Å². The highest BCUT2D eigenvalue weighted by Crippen LogP contribution is 2.28. The number of esters is 1. The van der Waals surface area contributed by atoms with Crippen LogP contribution in [0.1, 0.15) is 46.5 Å². The average Bonchev–Trinajstić information content (AvgIpc) is 2.17. The molecule has 0 aromatic rings. The summed E-state index contributed by atoms with van der Waals surface area (Å²) in [5, 5.41) is -0.353. The van der Waals surface area contributed by atoms with Gasteiger partial charge < -0.3 is 4.74 Å². The third-order valence-corrected chi connectivity index (χ3v) is 3.45. The molecule has 0 aliphatic heterocycles. The van der Waals surface area contributed by atoms with Crippen molar-refractivity contribution in [1.82, 2.24) is 0 Å². The Morgan fingerprint density at radius 2 is 1.85 bits per heavy atom. The molecule has 78 valence electrons. The van der Waals surface area contributed by atoms with Crippen LogP contribution < -0.4 is 0 Å². The maximum absolute atomic E-state index is 11.6. The van der Waals surface area contributed by atoms with E-state index in [1.165, 1.54) is 0 Å². The van der Waals surface area contributed by atoms with Crippen molar-refractivity contribution in [2.24, 2.45) is 0 Å². The van der Waals surface area contributed by atoms with Gasteiger partial charge in [-0.15, -0.1) is 9.24 Å². The number of unbranched alkanes of at least 4 members (excludes halogenated alkanes) is 1. The molecule has 0 saturated carbocycles. The fraction of sp³-hybridized carbons (Fsp3) is 0.900. The fourth-order valence-electron chi connectivity index (χ4n) is 0.992. The van der Waals surface area contributed by atoms with Crippen molar-refractivity contribution in [3.8, 4) is 0 Å². The molecule has 0 radical (unpaired) electrons. The second kappa shape index (κ2) is 6.37. The molecule has 2 nitrogen and oxygen atoms in total. The lowest BCUT2D eigenvalue weighted by atomic mass is 10.0. The lowest BCUT2D eigenvalue weighted by Gasteiger charge is -2.23. The van der Waals surface area contributed by atoms with Crippen LogP contribution in [0.2, 0.25) is 0 Å². The first kappa shape index (κ1) is 12.9. The maximum Gasteiger partial charge on any atom is 0.315 e. The number of ether oxygens (including phenoxy) is 1. The van der Waals surface area contributed by atoms with Crippen molar-refractivity contribution in [2.45, 2.75) is 51.6 Å². The largest absolute Gasteiger partial charge is 0.465 e. The monoisotopic (exact) mass is 204 g/mol. The van der Waals surface area contributed by atoms with E-state index in [0.29, 0.717) is 6.61 Å². The molecule has 0 saturated heterocycles. The van der Waals surface area contributed by atoms with E-state index in [4.69, 9.17) is 4.74 Å². The van der Waals surface area contributed by atoms with E-state index < -0.39 is 0 Å². The molecule has 0 aromatic carbocycles. The molecule has 0 bridgehead atoms. The smallest absolute Gasteiger partial charge is 0.315 e. The van der Waals surface area contributed by atoms with Crippen LogP contribution in [0, 0.1) is 0 Å². The summed E-state index contributed by atoms with van der Waals surface area (Å²) in [7, 11) is 2.62. The summed E-state index contributed by atoms with van der Waals surface area (Å²) in [4.78, 5) is 11.6. The molecule has 0 spiro atoms.